The van der Waals surface area contributed by atoms with E-state index in [1.807, 2.05) is 24.3 Å². The van der Waals surface area contributed by atoms with Gasteiger partial charge in [0.25, 0.3) is 0 Å². The molecule has 0 aliphatic carbocycles. The summed E-state index contributed by atoms with van der Waals surface area (Å²) in [6.07, 6.45) is 0. The summed E-state index contributed by atoms with van der Waals surface area (Å²) in [5.41, 5.74) is 1.01. The van der Waals surface area contributed by atoms with Crippen LogP contribution in [0.2, 0.25) is 0 Å². The molecule has 2 rings (SSSR count). The molecule has 2 aromatic rings. The number of nitrogens with one attached hydrogen (secondary N) is 1. The smallest absolute Gasteiger partial charge is 0.165 e. The van der Waals surface area contributed by atoms with E-state index in [9.17, 15) is 4.39 Å². The first-order valence-electron chi connectivity index (χ1n) is 6.98. The monoisotopic (exact) mass is 351 g/mol. The number of hydrogen-bond acceptors (Lipinski definition) is 2. The summed E-state index contributed by atoms with van der Waals surface area (Å²) in [4.78, 5) is 0. The lowest BCUT2D eigenvalue weighted by Crippen LogP contribution is -2.19. The number of para-hydroxylation sites is 1. The van der Waals surface area contributed by atoms with Gasteiger partial charge in [-0.25, -0.2) is 4.39 Å². The van der Waals surface area contributed by atoms with Crippen molar-refractivity contribution >= 4 is 15.9 Å². The molecule has 0 amide bonds. The van der Waals surface area contributed by atoms with Crippen LogP contribution in [0.1, 0.15) is 19.4 Å². The molecule has 1 N–H and O–H groups in total. The topological polar surface area (TPSA) is 21.3 Å². The molecule has 4 heteroatoms. The maximum Gasteiger partial charge on any atom is 0.165 e. The molecule has 0 unspecified atom stereocenters. The fraction of sp³-hybridized carbons (Fsp3) is 0.294. The lowest BCUT2D eigenvalue weighted by molar-refractivity contribution is 0.434. The maximum absolute atomic E-state index is 13.8. The van der Waals surface area contributed by atoms with Crippen molar-refractivity contribution in [1.82, 2.24) is 5.32 Å². The van der Waals surface area contributed by atoms with E-state index in [1.54, 1.807) is 12.1 Å². The van der Waals surface area contributed by atoms with Gasteiger partial charge in [0.15, 0.2) is 11.6 Å². The number of benzene rings is 2. The molecule has 0 bridgehead atoms. The lowest BCUT2D eigenvalue weighted by Gasteiger charge is -2.13. The highest BCUT2D eigenvalue weighted by molar-refractivity contribution is 9.10. The molecule has 0 saturated carbocycles. The highest BCUT2D eigenvalue weighted by atomic mass is 79.9. The van der Waals surface area contributed by atoms with Crippen molar-refractivity contribution in [3.05, 3.63) is 58.3 Å². The average molecular weight is 352 g/mol. The van der Waals surface area contributed by atoms with Crippen molar-refractivity contribution in [3.8, 4) is 11.5 Å². The van der Waals surface area contributed by atoms with Crippen LogP contribution in [0.5, 0.6) is 11.5 Å². The van der Waals surface area contributed by atoms with Crippen molar-refractivity contribution in [2.24, 2.45) is 5.92 Å². The van der Waals surface area contributed by atoms with Crippen LogP contribution < -0.4 is 10.1 Å². The first-order valence-corrected chi connectivity index (χ1v) is 7.77. The molecule has 0 saturated heterocycles. The van der Waals surface area contributed by atoms with Crippen LogP contribution in [0.25, 0.3) is 0 Å². The van der Waals surface area contributed by atoms with Crippen LogP contribution in [0.15, 0.2) is 46.9 Å². The largest absolute Gasteiger partial charge is 0.454 e. The summed E-state index contributed by atoms with van der Waals surface area (Å²) in [5.74, 6) is 1.11. The van der Waals surface area contributed by atoms with Gasteiger partial charge in [0.05, 0.1) is 0 Å². The van der Waals surface area contributed by atoms with Crippen molar-refractivity contribution in [2.75, 3.05) is 6.54 Å². The summed E-state index contributed by atoms with van der Waals surface area (Å²) in [6.45, 7) is 5.95. The first kappa shape index (κ1) is 16.0. The van der Waals surface area contributed by atoms with E-state index in [4.69, 9.17) is 4.74 Å². The zero-order valence-corrected chi connectivity index (χ0v) is 13.8. The van der Waals surface area contributed by atoms with E-state index in [0.717, 1.165) is 16.6 Å². The van der Waals surface area contributed by atoms with Gasteiger partial charge in [0.2, 0.25) is 0 Å². The number of rotatable bonds is 6. The second-order valence-electron chi connectivity index (χ2n) is 5.31. The summed E-state index contributed by atoms with van der Waals surface area (Å²) in [7, 11) is 0. The summed E-state index contributed by atoms with van der Waals surface area (Å²) < 4.78 is 20.3. The predicted octanol–water partition coefficient (Wildman–Crippen LogP) is 5.13. The van der Waals surface area contributed by atoms with Crippen LogP contribution in [-0.2, 0) is 6.54 Å². The van der Waals surface area contributed by atoms with Crippen molar-refractivity contribution in [2.45, 2.75) is 20.4 Å². The normalized spacial score (nSPS) is 10.9. The number of ether oxygens (including phenoxy) is 1. The Hall–Kier alpha value is -1.39. The minimum absolute atomic E-state index is 0.223. The Balaban J connectivity index is 2.14. The Morgan fingerprint density at radius 2 is 1.90 bits per heavy atom. The lowest BCUT2D eigenvalue weighted by atomic mass is 10.2. The van der Waals surface area contributed by atoms with Gasteiger partial charge >= 0.3 is 0 Å². The fourth-order valence-corrected chi connectivity index (χ4v) is 2.26. The molecule has 0 aliphatic heterocycles. The van der Waals surface area contributed by atoms with Crippen molar-refractivity contribution in [1.29, 1.82) is 0 Å². The Kier molecular flexibility index (Phi) is 5.76. The molecule has 0 spiro atoms. The summed E-state index contributed by atoms with van der Waals surface area (Å²) in [5, 5.41) is 3.37. The van der Waals surface area contributed by atoms with Gasteiger partial charge in [-0.2, -0.15) is 0 Å². The van der Waals surface area contributed by atoms with Crippen LogP contribution >= 0.6 is 15.9 Å². The Morgan fingerprint density at radius 3 is 2.67 bits per heavy atom. The quantitative estimate of drug-likeness (QED) is 0.779. The molecular formula is C17H19BrFNO. The zero-order valence-electron chi connectivity index (χ0n) is 12.2. The highest BCUT2D eigenvalue weighted by Gasteiger charge is 2.09. The molecular weight excluding hydrogens is 333 g/mol. The Labute approximate surface area is 133 Å². The zero-order chi connectivity index (χ0) is 15.2. The average Bonchev–Trinajstić information content (AvgIpc) is 2.44. The molecule has 21 heavy (non-hydrogen) atoms. The summed E-state index contributed by atoms with van der Waals surface area (Å²) >= 11 is 3.33. The van der Waals surface area contributed by atoms with Crippen molar-refractivity contribution in [3.63, 3.8) is 0 Å². The van der Waals surface area contributed by atoms with E-state index >= 15 is 0 Å². The van der Waals surface area contributed by atoms with Crippen LogP contribution in [0.4, 0.5) is 4.39 Å². The highest BCUT2D eigenvalue weighted by Crippen LogP contribution is 2.29. The first-order chi connectivity index (χ1) is 10.1. The van der Waals surface area contributed by atoms with E-state index < -0.39 is 0 Å². The fourth-order valence-electron chi connectivity index (χ4n) is 1.92. The molecule has 2 aromatic carbocycles. The number of halogens is 2. The van der Waals surface area contributed by atoms with E-state index in [-0.39, 0.29) is 11.6 Å². The molecule has 0 aliphatic rings. The summed E-state index contributed by atoms with van der Waals surface area (Å²) in [6, 6.07) is 12.4. The molecule has 0 radical (unpaired) electrons. The minimum Gasteiger partial charge on any atom is -0.454 e. The second kappa shape index (κ2) is 7.57. The molecule has 0 fully saturated rings. The van der Waals surface area contributed by atoms with Crippen molar-refractivity contribution < 1.29 is 9.13 Å². The van der Waals surface area contributed by atoms with Gasteiger partial charge in [-0.1, -0.05) is 48.0 Å². The Morgan fingerprint density at radius 1 is 1.14 bits per heavy atom. The van der Waals surface area contributed by atoms with Gasteiger partial charge in [-0.15, -0.1) is 0 Å². The van der Waals surface area contributed by atoms with Gasteiger partial charge < -0.3 is 10.1 Å². The molecule has 0 heterocycles. The SMILES string of the molecule is CC(C)CNCc1ccccc1Oc1cc(Br)ccc1F. The van der Waals surface area contributed by atoms with Crippen LogP contribution in [0.3, 0.4) is 0 Å². The van der Waals surface area contributed by atoms with Gasteiger partial charge in [0.1, 0.15) is 5.75 Å². The van der Waals surface area contributed by atoms with E-state index in [0.29, 0.717) is 18.2 Å². The second-order valence-corrected chi connectivity index (χ2v) is 6.22. The molecule has 0 aromatic heterocycles. The third-order valence-electron chi connectivity index (χ3n) is 2.95. The van der Waals surface area contributed by atoms with Gasteiger partial charge in [-0.3, -0.25) is 0 Å². The molecule has 112 valence electrons. The third kappa shape index (κ3) is 4.83. The predicted molar refractivity (Wildman–Crippen MR) is 87.2 cm³/mol. The van der Waals surface area contributed by atoms with Gasteiger partial charge in [-0.05, 0) is 36.7 Å². The molecule has 2 nitrogen and oxygen atoms in total. The minimum atomic E-state index is -0.372. The van der Waals surface area contributed by atoms with Crippen LogP contribution in [-0.4, -0.2) is 6.54 Å². The Bertz CT molecular complexity index is 601. The number of hydrogen-bond donors (Lipinski definition) is 1. The maximum atomic E-state index is 13.8. The standard InChI is InChI=1S/C17H19BrFNO/c1-12(2)10-20-11-13-5-3-4-6-16(13)21-17-9-14(18)7-8-15(17)19/h3-9,12,20H,10-11H2,1-2H3. The third-order valence-corrected chi connectivity index (χ3v) is 3.45. The van der Waals surface area contributed by atoms with Gasteiger partial charge in [0, 0.05) is 16.6 Å². The van der Waals surface area contributed by atoms with E-state index in [1.165, 1.54) is 6.07 Å². The molecule has 0 atom stereocenters. The van der Waals surface area contributed by atoms with E-state index in [2.05, 4.69) is 35.1 Å². The van der Waals surface area contributed by atoms with Crippen LogP contribution in [0, 0.1) is 11.7 Å².